The predicted octanol–water partition coefficient (Wildman–Crippen LogP) is -0.548. The molecular formula is C3H7GeSi. The van der Waals surface area contributed by atoms with Gasteiger partial charge in [-0.05, 0) is 0 Å². The molecule has 0 aliphatic rings. The predicted molar refractivity (Wildman–Crippen MR) is 29.6 cm³/mol. The Morgan fingerprint density at radius 2 is 2.40 bits per heavy atom. The van der Waals surface area contributed by atoms with Gasteiger partial charge in [0.05, 0.1) is 0 Å². The third-order valence-electron chi connectivity index (χ3n) is 0.354. The Kier molecular flexibility index (Phi) is 4.95. The summed E-state index contributed by atoms with van der Waals surface area (Å²) < 4.78 is 0. The average molecular weight is 144 g/mol. The second-order valence-corrected chi connectivity index (χ2v) is 2.30. The Labute approximate surface area is 44.3 Å². The third-order valence-corrected chi connectivity index (χ3v) is 1.32. The fourth-order valence-corrected chi connectivity index (χ4v) is 1.84. The SMILES string of the molecule is [SiH3]C=C[CH2][Ge]. The molecule has 0 unspecified atom stereocenters. The van der Waals surface area contributed by atoms with Crippen molar-refractivity contribution in [3.8, 4) is 0 Å². The van der Waals surface area contributed by atoms with Crippen LogP contribution in [0.2, 0.25) is 5.25 Å². The van der Waals surface area contributed by atoms with Crippen molar-refractivity contribution >= 4 is 26.8 Å². The monoisotopic (exact) mass is 145 g/mol. The summed E-state index contributed by atoms with van der Waals surface area (Å²) in [6.07, 6.45) is 2.19. The van der Waals surface area contributed by atoms with Gasteiger partial charge in [-0.15, -0.1) is 0 Å². The summed E-state index contributed by atoms with van der Waals surface area (Å²) >= 11 is 2.15. The van der Waals surface area contributed by atoms with Crippen LogP contribution in [0.3, 0.4) is 0 Å². The van der Waals surface area contributed by atoms with Crippen LogP contribution < -0.4 is 0 Å². The van der Waals surface area contributed by atoms with Gasteiger partial charge in [0.25, 0.3) is 0 Å². The summed E-state index contributed by atoms with van der Waals surface area (Å²) in [5.74, 6) is 0. The van der Waals surface area contributed by atoms with Crippen LogP contribution in [0.1, 0.15) is 0 Å². The molecule has 0 rings (SSSR count). The summed E-state index contributed by atoms with van der Waals surface area (Å²) in [7, 11) is 1.22. The molecule has 0 spiro atoms. The van der Waals surface area contributed by atoms with Gasteiger partial charge < -0.3 is 0 Å². The number of allylic oxidation sites excluding steroid dienone is 1. The van der Waals surface area contributed by atoms with E-state index in [1.165, 1.54) is 15.5 Å². The van der Waals surface area contributed by atoms with E-state index < -0.39 is 0 Å². The summed E-state index contributed by atoms with van der Waals surface area (Å²) in [5.41, 5.74) is 2.19. The van der Waals surface area contributed by atoms with E-state index in [0.717, 1.165) is 0 Å². The van der Waals surface area contributed by atoms with Crippen LogP contribution >= 0.6 is 0 Å². The minimum absolute atomic E-state index is 1.20. The standard InChI is InChI=1S/C3H7GeSi/c4-2-1-3-5/h1,3H,2H2,5H3. The molecule has 0 saturated carbocycles. The van der Waals surface area contributed by atoms with Gasteiger partial charge in [-0.25, -0.2) is 0 Å². The molecule has 0 aromatic rings. The van der Waals surface area contributed by atoms with Gasteiger partial charge >= 0.3 is 43.8 Å². The van der Waals surface area contributed by atoms with Gasteiger partial charge in [-0.1, -0.05) is 0 Å². The molecule has 0 N–H and O–H groups in total. The fourth-order valence-electron chi connectivity index (χ4n) is 0.118. The second kappa shape index (κ2) is 4.50. The summed E-state index contributed by atoms with van der Waals surface area (Å²) in [4.78, 5) is 0. The molecule has 3 radical (unpaired) electrons. The van der Waals surface area contributed by atoms with Gasteiger partial charge in [0, 0.05) is 0 Å². The van der Waals surface area contributed by atoms with Gasteiger partial charge in [-0.3, -0.25) is 0 Å². The molecule has 0 bridgehead atoms. The Balaban J connectivity index is 2.62. The molecule has 0 amide bonds. The van der Waals surface area contributed by atoms with Gasteiger partial charge in [0.2, 0.25) is 0 Å². The minimum atomic E-state index is 1.20. The van der Waals surface area contributed by atoms with E-state index in [1.54, 1.807) is 0 Å². The first-order valence-electron chi connectivity index (χ1n) is 1.67. The van der Waals surface area contributed by atoms with E-state index in [9.17, 15) is 0 Å². The van der Waals surface area contributed by atoms with E-state index >= 15 is 0 Å². The first-order valence-corrected chi connectivity index (χ1v) is 4.31. The zero-order valence-corrected chi connectivity index (χ0v) is 7.46. The first kappa shape index (κ1) is 5.50. The van der Waals surface area contributed by atoms with Crippen molar-refractivity contribution in [2.45, 2.75) is 5.25 Å². The Hall–Kier alpha value is 0.500. The molecule has 0 heterocycles. The molecule has 27 valence electrons. The maximum atomic E-state index is 2.19. The second-order valence-electron chi connectivity index (χ2n) is 0.773. The molecule has 0 aromatic carbocycles. The fraction of sp³-hybridized carbons (Fsp3) is 0.333. The molecule has 5 heavy (non-hydrogen) atoms. The molecule has 0 saturated heterocycles. The van der Waals surface area contributed by atoms with Gasteiger partial charge in [0.1, 0.15) is 0 Å². The van der Waals surface area contributed by atoms with E-state index in [2.05, 4.69) is 28.3 Å². The van der Waals surface area contributed by atoms with Crippen LogP contribution in [-0.2, 0) is 0 Å². The average Bonchev–Trinajstić information content (AvgIpc) is 1.41. The summed E-state index contributed by atoms with van der Waals surface area (Å²) in [6, 6.07) is 0. The maximum absolute atomic E-state index is 2.19. The van der Waals surface area contributed by atoms with Crippen molar-refractivity contribution in [2.24, 2.45) is 0 Å². The zero-order valence-electron chi connectivity index (χ0n) is 3.36. The molecular weight excluding hydrogens is 137 g/mol. The molecule has 2 heteroatoms. The number of hydrogen-bond donors (Lipinski definition) is 0. The van der Waals surface area contributed by atoms with E-state index in [0.29, 0.717) is 0 Å². The Bertz CT molecular complexity index is 33.9. The van der Waals surface area contributed by atoms with Crippen LogP contribution in [0.15, 0.2) is 11.8 Å². The normalized spacial score (nSPS) is 10.6. The number of rotatable bonds is 1. The topological polar surface area (TPSA) is 0 Å². The van der Waals surface area contributed by atoms with E-state index in [4.69, 9.17) is 0 Å². The Morgan fingerprint density at radius 1 is 1.80 bits per heavy atom. The molecule has 0 aliphatic heterocycles. The van der Waals surface area contributed by atoms with Crippen molar-refractivity contribution in [3.05, 3.63) is 11.8 Å². The van der Waals surface area contributed by atoms with E-state index in [-0.39, 0.29) is 0 Å². The van der Waals surface area contributed by atoms with Crippen LogP contribution in [0, 0.1) is 0 Å². The van der Waals surface area contributed by atoms with Crippen LogP contribution in [0.5, 0.6) is 0 Å². The Morgan fingerprint density at radius 3 is 2.40 bits per heavy atom. The van der Waals surface area contributed by atoms with Crippen molar-refractivity contribution in [2.75, 3.05) is 0 Å². The molecule has 0 fully saturated rings. The van der Waals surface area contributed by atoms with Crippen molar-refractivity contribution in [1.29, 1.82) is 0 Å². The summed E-state index contributed by atoms with van der Waals surface area (Å²) in [6.45, 7) is 0. The van der Waals surface area contributed by atoms with Gasteiger partial charge in [0.15, 0.2) is 0 Å². The van der Waals surface area contributed by atoms with E-state index in [1.807, 2.05) is 0 Å². The van der Waals surface area contributed by atoms with Crippen molar-refractivity contribution in [1.82, 2.24) is 0 Å². The summed E-state index contributed by atoms with van der Waals surface area (Å²) in [5, 5.41) is 1.20. The van der Waals surface area contributed by atoms with Gasteiger partial charge in [-0.2, -0.15) is 0 Å². The van der Waals surface area contributed by atoms with Crippen LogP contribution in [0.4, 0.5) is 0 Å². The molecule has 0 aromatic heterocycles. The zero-order chi connectivity index (χ0) is 4.12. The number of hydrogen-bond acceptors (Lipinski definition) is 0. The van der Waals surface area contributed by atoms with Crippen LogP contribution in [0.25, 0.3) is 0 Å². The quantitative estimate of drug-likeness (QED) is 0.433. The third kappa shape index (κ3) is 4.50. The van der Waals surface area contributed by atoms with Crippen molar-refractivity contribution in [3.63, 3.8) is 0 Å². The first-order chi connectivity index (χ1) is 2.41. The molecule has 0 atom stereocenters. The van der Waals surface area contributed by atoms with Crippen LogP contribution in [-0.4, -0.2) is 26.8 Å². The van der Waals surface area contributed by atoms with Crippen molar-refractivity contribution < 1.29 is 0 Å². The molecule has 0 nitrogen and oxygen atoms in total. The molecule has 0 aliphatic carbocycles.